The lowest BCUT2D eigenvalue weighted by molar-refractivity contribution is -0.385. The molecule has 5 nitrogen and oxygen atoms in total. The Balaban J connectivity index is 2.42. The SMILES string of the molecule is Cc1ccc(C2=NC(C)(C)CO2)cc1[N+](=O)[O-]. The molecule has 0 saturated carbocycles. The number of hydrogen-bond acceptors (Lipinski definition) is 4. The maximum absolute atomic E-state index is 10.8. The molecule has 90 valence electrons. The molecule has 0 amide bonds. The van der Waals surface area contributed by atoms with Crippen molar-refractivity contribution in [1.29, 1.82) is 0 Å². The fourth-order valence-corrected chi connectivity index (χ4v) is 1.67. The number of nitrogens with zero attached hydrogens (tertiary/aromatic N) is 2. The number of rotatable bonds is 2. The Morgan fingerprint density at radius 3 is 2.71 bits per heavy atom. The van der Waals surface area contributed by atoms with Gasteiger partial charge in [0.25, 0.3) is 5.69 Å². The van der Waals surface area contributed by atoms with Crippen LogP contribution < -0.4 is 0 Å². The summed E-state index contributed by atoms with van der Waals surface area (Å²) in [5, 5.41) is 10.8. The second-order valence-electron chi connectivity index (χ2n) is 4.78. The van der Waals surface area contributed by atoms with Crippen LogP contribution in [-0.4, -0.2) is 23.0 Å². The quantitative estimate of drug-likeness (QED) is 0.583. The van der Waals surface area contributed by atoms with Gasteiger partial charge in [-0.05, 0) is 26.8 Å². The highest BCUT2D eigenvalue weighted by Gasteiger charge is 2.27. The topological polar surface area (TPSA) is 64.7 Å². The van der Waals surface area contributed by atoms with Gasteiger partial charge in [-0.15, -0.1) is 0 Å². The summed E-state index contributed by atoms with van der Waals surface area (Å²) in [5.41, 5.74) is 1.14. The predicted octanol–water partition coefficient (Wildman–Crippen LogP) is 2.46. The average Bonchev–Trinajstić information content (AvgIpc) is 2.59. The fourth-order valence-electron chi connectivity index (χ4n) is 1.67. The number of nitro benzene ring substituents is 1. The standard InChI is InChI=1S/C12H14N2O3/c1-8-4-5-9(6-10(8)14(15)16)11-13-12(2,3)7-17-11/h4-6H,7H2,1-3H3. The summed E-state index contributed by atoms with van der Waals surface area (Å²) in [7, 11) is 0. The van der Waals surface area contributed by atoms with Crippen molar-refractivity contribution in [2.75, 3.05) is 6.61 Å². The van der Waals surface area contributed by atoms with Crippen molar-refractivity contribution in [2.45, 2.75) is 26.3 Å². The Morgan fingerprint density at radius 2 is 2.18 bits per heavy atom. The highest BCUT2D eigenvalue weighted by molar-refractivity contribution is 5.96. The van der Waals surface area contributed by atoms with E-state index in [0.717, 1.165) is 0 Å². The molecule has 0 bridgehead atoms. The smallest absolute Gasteiger partial charge is 0.273 e. The Kier molecular flexibility index (Phi) is 2.61. The first-order chi connectivity index (χ1) is 7.89. The second-order valence-corrected chi connectivity index (χ2v) is 4.78. The number of aliphatic imine (C=N–C) groups is 1. The van der Waals surface area contributed by atoms with Crippen molar-refractivity contribution in [3.63, 3.8) is 0 Å². The lowest BCUT2D eigenvalue weighted by Gasteiger charge is -2.07. The molecule has 0 atom stereocenters. The molecule has 1 aliphatic rings. The van der Waals surface area contributed by atoms with Gasteiger partial charge in [0.15, 0.2) is 0 Å². The molecule has 0 radical (unpaired) electrons. The summed E-state index contributed by atoms with van der Waals surface area (Å²) >= 11 is 0. The minimum absolute atomic E-state index is 0.0958. The molecule has 0 N–H and O–H groups in total. The molecule has 1 aromatic carbocycles. The van der Waals surface area contributed by atoms with Crippen LogP contribution in [0.5, 0.6) is 0 Å². The number of benzene rings is 1. The van der Waals surface area contributed by atoms with E-state index >= 15 is 0 Å². The average molecular weight is 234 g/mol. The Bertz CT molecular complexity index is 506. The molecular weight excluding hydrogens is 220 g/mol. The molecular formula is C12H14N2O3. The van der Waals surface area contributed by atoms with E-state index in [-0.39, 0.29) is 16.1 Å². The van der Waals surface area contributed by atoms with E-state index in [1.165, 1.54) is 6.07 Å². The first-order valence-electron chi connectivity index (χ1n) is 5.37. The summed E-state index contributed by atoms with van der Waals surface area (Å²) in [6, 6.07) is 5.02. The zero-order chi connectivity index (χ0) is 12.6. The first kappa shape index (κ1) is 11.6. The summed E-state index contributed by atoms with van der Waals surface area (Å²) in [6.07, 6.45) is 0. The Morgan fingerprint density at radius 1 is 1.47 bits per heavy atom. The van der Waals surface area contributed by atoms with Gasteiger partial charge in [0.1, 0.15) is 6.61 Å². The molecule has 0 saturated heterocycles. The van der Waals surface area contributed by atoms with Gasteiger partial charge in [0.05, 0.1) is 10.5 Å². The van der Waals surface area contributed by atoms with Crippen LogP contribution in [0.2, 0.25) is 0 Å². The van der Waals surface area contributed by atoms with Gasteiger partial charge in [-0.3, -0.25) is 10.1 Å². The van der Waals surface area contributed by atoms with E-state index < -0.39 is 0 Å². The Labute approximate surface area is 99.3 Å². The summed E-state index contributed by atoms with van der Waals surface area (Å²) in [4.78, 5) is 14.8. The number of nitro groups is 1. The molecule has 0 aliphatic carbocycles. The molecule has 0 aromatic heterocycles. The molecule has 1 heterocycles. The molecule has 5 heteroatoms. The normalized spacial score (nSPS) is 17.5. The van der Waals surface area contributed by atoms with Crippen molar-refractivity contribution in [3.05, 3.63) is 39.4 Å². The van der Waals surface area contributed by atoms with E-state index in [4.69, 9.17) is 4.74 Å². The maximum Gasteiger partial charge on any atom is 0.273 e. The third-order valence-corrected chi connectivity index (χ3v) is 2.62. The molecule has 1 aliphatic heterocycles. The van der Waals surface area contributed by atoms with E-state index in [2.05, 4.69) is 4.99 Å². The van der Waals surface area contributed by atoms with Crippen LogP contribution in [0.3, 0.4) is 0 Å². The van der Waals surface area contributed by atoms with E-state index in [1.807, 2.05) is 13.8 Å². The third-order valence-electron chi connectivity index (χ3n) is 2.62. The van der Waals surface area contributed by atoms with Crippen molar-refractivity contribution in [3.8, 4) is 0 Å². The summed E-state index contributed by atoms with van der Waals surface area (Å²) in [6.45, 7) is 6.14. The van der Waals surface area contributed by atoms with Crippen LogP contribution in [0.25, 0.3) is 0 Å². The van der Waals surface area contributed by atoms with E-state index in [9.17, 15) is 10.1 Å². The molecule has 0 unspecified atom stereocenters. The van der Waals surface area contributed by atoms with Gasteiger partial charge in [-0.25, -0.2) is 4.99 Å². The van der Waals surface area contributed by atoms with Crippen molar-refractivity contribution in [1.82, 2.24) is 0 Å². The van der Waals surface area contributed by atoms with Gasteiger partial charge in [-0.1, -0.05) is 6.07 Å². The maximum atomic E-state index is 10.8. The molecule has 0 spiro atoms. The van der Waals surface area contributed by atoms with Crippen LogP contribution in [0.4, 0.5) is 5.69 Å². The first-order valence-corrected chi connectivity index (χ1v) is 5.37. The molecule has 0 fully saturated rings. The summed E-state index contributed by atoms with van der Waals surface area (Å²) in [5.74, 6) is 0.484. The van der Waals surface area contributed by atoms with Crippen LogP contribution >= 0.6 is 0 Å². The molecule has 1 aromatic rings. The third kappa shape index (κ3) is 2.27. The second kappa shape index (κ2) is 3.84. The minimum atomic E-state index is -0.389. The van der Waals surface area contributed by atoms with Crippen LogP contribution in [0, 0.1) is 17.0 Å². The fraction of sp³-hybridized carbons (Fsp3) is 0.417. The highest BCUT2D eigenvalue weighted by atomic mass is 16.6. The largest absolute Gasteiger partial charge is 0.475 e. The van der Waals surface area contributed by atoms with Crippen LogP contribution in [0.15, 0.2) is 23.2 Å². The van der Waals surface area contributed by atoms with Gasteiger partial charge in [0.2, 0.25) is 5.90 Å². The molecule has 17 heavy (non-hydrogen) atoms. The van der Waals surface area contributed by atoms with Crippen LogP contribution in [0.1, 0.15) is 25.0 Å². The zero-order valence-corrected chi connectivity index (χ0v) is 10.1. The number of hydrogen-bond donors (Lipinski definition) is 0. The Hall–Kier alpha value is -1.91. The van der Waals surface area contributed by atoms with Crippen molar-refractivity contribution in [2.24, 2.45) is 4.99 Å². The summed E-state index contributed by atoms with van der Waals surface area (Å²) < 4.78 is 5.46. The van der Waals surface area contributed by atoms with E-state index in [1.54, 1.807) is 19.1 Å². The van der Waals surface area contributed by atoms with Crippen molar-refractivity contribution >= 4 is 11.6 Å². The highest BCUT2D eigenvalue weighted by Crippen LogP contribution is 2.24. The number of aryl methyl sites for hydroxylation is 1. The monoisotopic (exact) mass is 234 g/mol. The lowest BCUT2D eigenvalue weighted by atomic mass is 10.1. The molecule has 2 rings (SSSR count). The predicted molar refractivity (Wildman–Crippen MR) is 64.4 cm³/mol. The van der Waals surface area contributed by atoms with Crippen LogP contribution in [-0.2, 0) is 4.74 Å². The minimum Gasteiger partial charge on any atom is -0.475 e. The zero-order valence-electron chi connectivity index (χ0n) is 10.1. The van der Waals surface area contributed by atoms with Crippen molar-refractivity contribution < 1.29 is 9.66 Å². The van der Waals surface area contributed by atoms with Gasteiger partial charge < -0.3 is 4.74 Å². The number of ether oxygens (including phenoxy) is 1. The van der Waals surface area contributed by atoms with Gasteiger partial charge >= 0.3 is 0 Å². The van der Waals surface area contributed by atoms with E-state index in [0.29, 0.717) is 23.6 Å². The lowest BCUT2D eigenvalue weighted by Crippen LogP contribution is -2.17. The van der Waals surface area contributed by atoms with Gasteiger partial charge in [-0.2, -0.15) is 0 Å². The van der Waals surface area contributed by atoms with Gasteiger partial charge in [0, 0.05) is 17.2 Å².